The normalized spacial score (nSPS) is 10.0. The molecule has 0 aliphatic carbocycles. The highest BCUT2D eigenvalue weighted by molar-refractivity contribution is 5.57. The summed E-state index contributed by atoms with van der Waals surface area (Å²) in [7, 11) is 1.93. The molecule has 72 valence electrons. The number of nitrogens with one attached hydrogen (secondary N) is 1. The van der Waals surface area contributed by atoms with E-state index in [1.807, 2.05) is 19.2 Å². The van der Waals surface area contributed by atoms with Crippen LogP contribution in [0.3, 0.4) is 0 Å². The van der Waals surface area contributed by atoms with Crippen molar-refractivity contribution in [2.45, 2.75) is 26.2 Å². The minimum atomic E-state index is 0.910. The van der Waals surface area contributed by atoms with Crippen LogP contribution in [0.1, 0.15) is 25.3 Å². The van der Waals surface area contributed by atoms with Gasteiger partial charge in [-0.05, 0) is 36.6 Å². The van der Waals surface area contributed by atoms with Gasteiger partial charge in [0.2, 0.25) is 0 Å². The van der Waals surface area contributed by atoms with Gasteiger partial charge in [0.05, 0.1) is 0 Å². The number of benzene rings is 1. The molecule has 0 fully saturated rings. The van der Waals surface area contributed by atoms with Gasteiger partial charge in [-0.1, -0.05) is 13.3 Å². The fourth-order valence-electron chi connectivity index (χ4n) is 1.34. The van der Waals surface area contributed by atoms with E-state index < -0.39 is 0 Å². The molecule has 2 nitrogen and oxygen atoms in total. The molecule has 0 radical (unpaired) electrons. The molecule has 0 amide bonds. The summed E-state index contributed by atoms with van der Waals surface area (Å²) < 4.78 is 0. The van der Waals surface area contributed by atoms with Crippen LogP contribution in [0.15, 0.2) is 18.2 Å². The third-order valence-electron chi connectivity index (χ3n) is 2.23. The van der Waals surface area contributed by atoms with Crippen LogP contribution < -0.4 is 11.1 Å². The van der Waals surface area contributed by atoms with Gasteiger partial charge in [0.15, 0.2) is 0 Å². The maximum absolute atomic E-state index is 5.86. The zero-order valence-corrected chi connectivity index (χ0v) is 8.43. The minimum absolute atomic E-state index is 0.910. The van der Waals surface area contributed by atoms with Gasteiger partial charge in [-0.3, -0.25) is 0 Å². The monoisotopic (exact) mass is 178 g/mol. The average Bonchev–Trinajstić information content (AvgIpc) is 2.17. The maximum atomic E-state index is 5.86. The highest BCUT2D eigenvalue weighted by Crippen LogP contribution is 2.19. The molecular formula is C11H18N2. The molecular weight excluding hydrogens is 160 g/mol. The second-order valence-corrected chi connectivity index (χ2v) is 3.27. The Morgan fingerprint density at radius 1 is 1.38 bits per heavy atom. The number of aryl methyl sites for hydroxylation is 1. The second-order valence-electron chi connectivity index (χ2n) is 3.27. The van der Waals surface area contributed by atoms with Crippen molar-refractivity contribution in [2.75, 3.05) is 18.1 Å². The van der Waals surface area contributed by atoms with Crippen LogP contribution in [0.25, 0.3) is 0 Å². The predicted molar refractivity (Wildman–Crippen MR) is 59.0 cm³/mol. The van der Waals surface area contributed by atoms with E-state index in [0.717, 1.165) is 17.8 Å². The molecule has 0 saturated heterocycles. The molecule has 0 bridgehead atoms. The zero-order valence-electron chi connectivity index (χ0n) is 8.43. The van der Waals surface area contributed by atoms with E-state index in [0.29, 0.717) is 0 Å². The molecule has 2 heteroatoms. The fraction of sp³-hybridized carbons (Fsp3) is 0.455. The Morgan fingerprint density at radius 2 is 2.15 bits per heavy atom. The summed E-state index contributed by atoms with van der Waals surface area (Å²) in [6, 6.07) is 6.10. The van der Waals surface area contributed by atoms with Crippen LogP contribution in [-0.2, 0) is 6.42 Å². The first kappa shape index (κ1) is 9.90. The van der Waals surface area contributed by atoms with Gasteiger partial charge in [0.25, 0.3) is 0 Å². The number of hydrogen-bond donors (Lipinski definition) is 2. The number of unbranched alkanes of at least 4 members (excludes halogenated alkanes) is 1. The lowest BCUT2D eigenvalue weighted by Crippen LogP contribution is -1.96. The number of anilines is 2. The lowest BCUT2D eigenvalue weighted by atomic mass is 10.1. The molecule has 0 aliphatic heterocycles. The molecule has 13 heavy (non-hydrogen) atoms. The number of nitrogen functional groups attached to an aromatic ring is 1. The molecule has 0 heterocycles. The first-order chi connectivity index (χ1) is 6.27. The molecule has 0 aliphatic rings. The van der Waals surface area contributed by atoms with Crippen LogP contribution in [0, 0.1) is 0 Å². The summed E-state index contributed by atoms with van der Waals surface area (Å²) in [5, 5.41) is 3.12. The van der Waals surface area contributed by atoms with Crippen molar-refractivity contribution in [3.8, 4) is 0 Å². The highest BCUT2D eigenvalue weighted by Gasteiger charge is 1.99. The Hall–Kier alpha value is -1.18. The second kappa shape index (κ2) is 4.75. The molecule has 0 aromatic heterocycles. The van der Waals surface area contributed by atoms with E-state index in [1.54, 1.807) is 0 Å². The Kier molecular flexibility index (Phi) is 3.62. The summed E-state index contributed by atoms with van der Waals surface area (Å²) in [5.74, 6) is 0. The van der Waals surface area contributed by atoms with Crippen molar-refractivity contribution in [2.24, 2.45) is 0 Å². The van der Waals surface area contributed by atoms with Gasteiger partial charge < -0.3 is 11.1 Å². The van der Waals surface area contributed by atoms with Crippen LogP contribution in [0.5, 0.6) is 0 Å². The number of rotatable bonds is 4. The standard InChI is InChI=1S/C11H18N2/c1-3-4-5-9-8-10(13-2)6-7-11(9)12/h6-8,13H,3-5,12H2,1-2H3. The van der Waals surface area contributed by atoms with E-state index >= 15 is 0 Å². The maximum Gasteiger partial charge on any atom is 0.0348 e. The molecule has 1 aromatic rings. The van der Waals surface area contributed by atoms with Gasteiger partial charge >= 0.3 is 0 Å². The van der Waals surface area contributed by atoms with Gasteiger partial charge in [-0.25, -0.2) is 0 Å². The summed E-state index contributed by atoms with van der Waals surface area (Å²) in [6.07, 6.45) is 3.50. The van der Waals surface area contributed by atoms with Crippen molar-refractivity contribution < 1.29 is 0 Å². The van der Waals surface area contributed by atoms with Crippen molar-refractivity contribution in [1.82, 2.24) is 0 Å². The van der Waals surface area contributed by atoms with Crippen LogP contribution in [-0.4, -0.2) is 7.05 Å². The first-order valence-electron chi connectivity index (χ1n) is 4.84. The van der Waals surface area contributed by atoms with Gasteiger partial charge in [0, 0.05) is 18.4 Å². The summed E-state index contributed by atoms with van der Waals surface area (Å²) >= 11 is 0. The van der Waals surface area contributed by atoms with Crippen LogP contribution >= 0.6 is 0 Å². The third-order valence-corrected chi connectivity index (χ3v) is 2.23. The largest absolute Gasteiger partial charge is 0.399 e. The highest BCUT2D eigenvalue weighted by atomic mass is 14.8. The van der Waals surface area contributed by atoms with Crippen molar-refractivity contribution in [3.63, 3.8) is 0 Å². The predicted octanol–water partition coefficient (Wildman–Crippen LogP) is 2.65. The molecule has 0 spiro atoms. The van der Waals surface area contributed by atoms with E-state index in [9.17, 15) is 0 Å². The molecule has 0 atom stereocenters. The molecule has 0 unspecified atom stereocenters. The van der Waals surface area contributed by atoms with E-state index in [4.69, 9.17) is 5.73 Å². The summed E-state index contributed by atoms with van der Waals surface area (Å²) in [5.41, 5.74) is 9.16. The van der Waals surface area contributed by atoms with Gasteiger partial charge in [-0.15, -0.1) is 0 Å². The topological polar surface area (TPSA) is 38.0 Å². The molecule has 1 rings (SSSR count). The number of hydrogen-bond acceptors (Lipinski definition) is 2. The lowest BCUT2D eigenvalue weighted by Gasteiger charge is -2.07. The SMILES string of the molecule is CCCCc1cc(NC)ccc1N. The van der Waals surface area contributed by atoms with E-state index in [2.05, 4.69) is 18.3 Å². The minimum Gasteiger partial charge on any atom is -0.399 e. The summed E-state index contributed by atoms with van der Waals surface area (Å²) in [4.78, 5) is 0. The quantitative estimate of drug-likeness (QED) is 0.696. The first-order valence-corrected chi connectivity index (χ1v) is 4.84. The van der Waals surface area contributed by atoms with Gasteiger partial charge in [-0.2, -0.15) is 0 Å². The average molecular weight is 178 g/mol. The lowest BCUT2D eigenvalue weighted by molar-refractivity contribution is 0.796. The molecule has 3 N–H and O–H groups in total. The smallest absolute Gasteiger partial charge is 0.0348 e. The van der Waals surface area contributed by atoms with Gasteiger partial charge in [0.1, 0.15) is 0 Å². The van der Waals surface area contributed by atoms with E-state index in [1.165, 1.54) is 18.4 Å². The Labute approximate surface area is 80.1 Å². The third kappa shape index (κ3) is 2.65. The fourth-order valence-corrected chi connectivity index (χ4v) is 1.34. The van der Waals surface area contributed by atoms with Crippen LogP contribution in [0.2, 0.25) is 0 Å². The Morgan fingerprint density at radius 3 is 2.77 bits per heavy atom. The van der Waals surface area contributed by atoms with Crippen molar-refractivity contribution in [1.29, 1.82) is 0 Å². The van der Waals surface area contributed by atoms with Crippen LogP contribution in [0.4, 0.5) is 11.4 Å². The van der Waals surface area contributed by atoms with Crippen molar-refractivity contribution >= 4 is 11.4 Å². The molecule has 1 aromatic carbocycles. The Bertz CT molecular complexity index is 269. The zero-order chi connectivity index (χ0) is 9.68. The van der Waals surface area contributed by atoms with Crippen molar-refractivity contribution in [3.05, 3.63) is 23.8 Å². The van der Waals surface area contributed by atoms with E-state index in [-0.39, 0.29) is 0 Å². The molecule has 0 saturated carbocycles. The summed E-state index contributed by atoms with van der Waals surface area (Å²) in [6.45, 7) is 2.19. The number of nitrogens with two attached hydrogens (primary N) is 1. The Balaban J connectivity index is 2.78.